The van der Waals surface area contributed by atoms with E-state index in [0.29, 0.717) is 6.54 Å². The topological polar surface area (TPSA) is 58.4 Å². The predicted octanol–water partition coefficient (Wildman–Crippen LogP) is 2.86. The SMILES string of the molecule is O=C(NCc1ccc(N2CCCC2)nc1)c1ccc(Cl)o1. The summed E-state index contributed by atoms with van der Waals surface area (Å²) in [5.41, 5.74) is 0.948. The van der Waals surface area contributed by atoms with Gasteiger partial charge in [0.1, 0.15) is 5.82 Å². The number of hydrogen-bond donors (Lipinski definition) is 1. The van der Waals surface area contributed by atoms with Gasteiger partial charge in [0.05, 0.1) is 0 Å². The fourth-order valence-corrected chi connectivity index (χ4v) is 2.51. The van der Waals surface area contributed by atoms with Crippen molar-refractivity contribution in [2.24, 2.45) is 0 Å². The van der Waals surface area contributed by atoms with Gasteiger partial charge < -0.3 is 14.6 Å². The molecule has 3 rings (SSSR count). The van der Waals surface area contributed by atoms with Crippen LogP contribution in [0.3, 0.4) is 0 Å². The summed E-state index contributed by atoms with van der Waals surface area (Å²) < 4.78 is 5.05. The number of nitrogens with zero attached hydrogens (tertiary/aromatic N) is 2. The minimum atomic E-state index is -0.287. The van der Waals surface area contributed by atoms with Crippen molar-refractivity contribution in [3.63, 3.8) is 0 Å². The number of halogens is 1. The van der Waals surface area contributed by atoms with Crippen LogP contribution in [0.4, 0.5) is 5.82 Å². The van der Waals surface area contributed by atoms with Crippen molar-refractivity contribution in [2.75, 3.05) is 18.0 Å². The Morgan fingerprint density at radius 1 is 1.29 bits per heavy atom. The quantitative estimate of drug-likeness (QED) is 0.943. The minimum Gasteiger partial charge on any atom is -0.440 e. The molecule has 0 atom stereocenters. The lowest BCUT2D eigenvalue weighted by Gasteiger charge is -2.16. The van der Waals surface area contributed by atoms with Crippen molar-refractivity contribution in [2.45, 2.75) is 19.4 Å². The number of pyridine rings is 1. The smallest absolute Gasteiger partial charge is 0.287 e. The molecular weight excluding hydrogens is 290 g/mol. The Labute approximate surface area is 127 Å². The van der Waals surface area contributed by atoms with Gasteiger partial charge in [-0.2, -0.15) is 0 Å². The summed E-state index contributed by atoms with van der Waals surface area (Å²) in [7, 11) is 0. The zero-order valence-electron chi connectivity index (χ0n) is 11.5. The molecule has 1 aliphatic rings. The fourth-order valence-electron chi connectivity index (χ4n) is 2.36. The predicted molar refractivity (Wildman–Crippen MR) is 80.6 cm³/mol. The van der Waals surface area contributed by atoms with E-state index in [1.807, 2.05) is 12.1 Å². The van der Waals surface area contributed by atoms with E-state index in [2.05, 4.69) is 15.2 Å². The van der Waals surface area contributed by atoms with Gasteiger partial charge >= 0.3 is 0 Å². The average molecular weight is 306 g/mol. The van der Waals surface area contributed by atoms with Crippen molar-refractivity contribution >= 4 is 23.3 Å². The fraction of sp³-hybridized carbons (Fsp3) is 0.333. The highest BCUT2D eigenvalue weighted by molar-refractivity contribution is 6.29. The highest BCUT2D eigenvalue weighted by Gasteiger charge is 2.13. The molecule has 21 heavy (non-hydrogen) atoms. The Morgan fingerprint density at radius 2 is 2.10 bits per heavy atom. The van der Waals surface area contributed by atoms with Crippen LogP contribution in [0.2, 0.25) is 5.22 Å². The van der Waals surface area contributed by atoms with Gasteiger partial charge in [0.25, 0.3) is 5.91 Å². The maximum Gasteiger partial charge on any atom is 0.287 e. The molecule has 0 radical (unpaired) electrons. The molecule has 5 nitrogen and oxygen atoms in total. The van der Waals surface area contributed by atoms with Gasteiger partial charge in [-0.25, -0.2) is 4.98 Å². The molecule has 0 bridgehead atoms. The number of anilines is 1. The molecule has 1 aliphatic heterocycles. The van der Waals surface area contributed by atoms with Crippen molar-refractivity contribution in [3.05, 3.63) is 47.0 Å². The zero-order valence-corrected chi connectivity index (χ0v) is 12.3. The van der Waals surface area contributed by atoms with Crippen LogP contribution in [-0.2, 0) is 6.54 Å². The minimum absolute atomic E-state index is 0.205. The number of amides is 1. The van der Waals surface area contributed by atoms with Crippen LogP contribution in [0, 0.1) is 0 Å². The molecule has 1 fully saturated rings. The molecule has 0 saturated carbocycles. The maximum absolute atomic E-state index is 11.8. The second kappa shape index (κ2) is 6.18. The number of carbonyl (C=O) groups is 1. The molecule has 2 aromatic heterocycles. The van der Waals surface area contributed by atoms with Crippen LogP contribution < -0.4 is 10.2 Å². The lowest BCUT2D eigenvalue weighted by Crippen LogP contribution is -2.23. The molecule has 0 unspecified atom stereocenters. The molecule has 1 N–H and O–H groups in total. The van der Waals surface area contributed by atoms with Gasteiger partial charge in [-0.05, 0) is 48.2 Å². The standard InChI is InChI=1S/C15H16ClN3O2/c16-13-5-4-12(21-13)15(20)18-10-11-3-6-14(17-9-11)19-7-1-2-8-19/h3-6,9H,1-2,7-8,10H2,(H,18,20). The molecule has 6 heteroatoms. The van der Waals surface area contributed by atoms with Gasteiger partial charge in [0, 0.05) is 25.8 Å². The van der Waals surface area contributed by atoms with Crippen molar-refractivity contribution in [1.29, 1.82) is 0 Å². The number of furan rings is 1. The number of hydrogen-bond acceptors (Lipinski definition) is 4. The van der Waals surface area contributed by atoms with Crippen molar-refractivity contribution in [3.8, 4) is 0 Å². The molecule has 1 amide bonds. The van der Waals surface area contributed by atoms with Gasteiger partial charge in [0.15, 0.2) is 11.0 Å². The van der Waals surface area contributed by atoms with Crippen LogP contribution in [-0.4, -0.2) is 24.0 Å². The normalized spacial score (nSPS) is 14.4. The average Bonchev–Trinajstić information content (AvgIpc) is 3.16. The lowest BCUT2D eigenvalue weighted by molar-refractivity contribution is 0.0923. The van der Waals surface area contributed by atoms with Gasteiger partial charge in [-0.3, -0.25) is 4.79 Å². The molecule has 2 aromatic rings. The summed E-state index contributed by atoms with van der Waals surface area (Å²) >= 11 is 5.64. The largest absolute Gasteiger partial charge is 0.440 e. The van der Waals surface area contributed by atoms with E-state index in [-0.39, 0.29) is 16.9 Å². The molecular formula is C15H16ClN3O2. The molecule has 110 valence electrons. The van der Waals surface area contributed by atoms with E-state index in [1.54, 1.807) is 18.3 Å². The first kappa shape index (κ1) is 13.9. The zero-order chi connectivity index (χ0) is 14.7. The van der Waals surface area contributed by atoms with E-state index in [0.717, 1.165) is 24.5 Å². The summed E-state index contributed by atoms with van der Waals surface area (Å²) in [5.74, 6) is 0.924. The Kier molecular flexibility index (Phi) is 4.10. The highest BCUT2D eigenvalue weighted by Crippen LogP contribution is 2.17. The highest BCUT2D eigenvalue weighted by atomic mass is 35.5. The first-order valence-corrected chi connectivity index (χ1v) is 7.33. The second-order valence-electron chi connectivity index (χ2n) is 5.01. The summed E-state index contributed by atoms with van der Waals surface area (Å²) in [5, 5.41) is 2.98. The Hall–Kier alpha value is -2.01. The van der Waals surface area contributed by atoms with Gasteiger partial charge in [-0.1, -0.05) is 6.07 Å². The van der Waals surface area contributed by atoms with E-state index in [9.17, 15) is 4.79 Å². The Bertz CT molecular complexity index is 618. The molecule has 3 heterocycles. The third kappa shape index (κ3) is 3.36. The van der Waals surface area contributed by atoms with Gasteiger partial charge in [0.2, 0.25) is 0 Å². The summed E-state index contributed by atoms with van der Waals surface area (Å²) in [4.78, 5) is 18.5. The lowest BCUT2D eigenvalue weighted by atomic mass is 10.2. The monoisotopic (exact) mass is 305 g/mol. The Morgan fingerprint density at radius 3 is 2.71 bits per heavy atom. The number of aromatic nitrogens is 1. The first-order chi connectivity index (χ1) is 10.2. The number of rotatable bonds is 4. The molecule has 0 aromatic carbocycles. The summed E-state index contributed by atoms with van der Waals surface area (Å²) in [6, 6.07) is 7.07. The van der Waals surface area contributed by atoms with E-state index in [4.69, 9.17) is 16.0 Å². The Balaban J connectivity index is 1.56. The van der Waals surface area contributed by atoms with E-state index in [1.165, 1.54) is 12.8 Å². The van der Waals surface area contributed by atoms with E-state index < -0.39 is 0 Å². The third-order valence-electron chi connectivity index (χ3n) is 3.49. The van der Waals surface area contributed by atoms with Gasteiger partial charge in [-0.15, -0.1) is 0 Å². The van der Waals surface area contributed by atoms with Crippen LogP contribution in [0.25, 0.3) is 0 Å². The van der Waals surface area contributed by atoms with Crippen LogP contribution in [0.15, 0.2) is 34.9 Å². The molecule has 1 saturated heterocycles. The van der Waals surface area contributed by atoms with Crippen molar-refractivity contribution in [1.82, 2.24) is 10.3 Å². The number of nitrogens with one attached hydrogen (secondary N) is 1. The summed E-state index contributed by atoms with van der Waals surface area (Å²) in [6.45, 7) is 2.55. The third-order valence-corrected chi connectivity index (χ3v) is 3.69. The maximum atomic E-state index is 11.8. The second-order valence-corrected chi connectivity index (χ2v) is 5.38. The first-order valence-electron chi connectivity index (χ1n) is 6.96. The van der Waals surface area contributed by atoms with Crippen LogP contribution in [0.1, 0.15) is 29.0 Å². The number of carbonyl (C=O) groups excluding carboxylic acids is 1. The van der Waals surface area contributed by atoms with Crippen LogP contribution in [0.5, 0.6) is 0 Å². The van der Waals surface area contributed by atoms with Crippen molar-refractivity contribution < 1.29 is 9.21 Å². The molecule has 0 aliphatic carbocycles. The molecule has 0 spiro atoms. The van der Waals surface area contributed by atoms with Crippen LogP contribution >= 0.6 is 11.6 Å². The summed E-state index contributed by atoms with van der Waals surface area (Å²) in [6.07, 6.45) is 4.25. The van der Waals surface area contributed by atoms with E-state index >= 15 is 0 Å².